The number of nitrogens with zero attached hydrogens (tertiary/aromatic N) is 1. The van der Waals surface area contributed by atoms with E-state index in [4.69, 9.17) is 4.74 Å². The molecule has 1 aromatic carbocycles. The van der Waals surface area contributed by atoms with Gasteiger partial charge in [0.2, 0.25) is 0 Å². The Labute approximate surface area is 127 Å². The number of benzene rings is 1. The zero-order valence-corrected chi connectivity index (χ0v) is 13.5. The third-order valence-electron chi connectivity index (χ3n) is 3.58. The molecule has 21 heavy (non-hydrogen) atoms. The Kier molecular flexibility index (Phi) is 4.76. The molecule has 0 unspecified atom stereocenters. The molecule has 0 radical (unpaired) electrons. The Morgan fingerprint density at radius 2 is 2.05 bits per heavy atom. The zero-order valence-electron chi connectivity index (χ0n) is 13.5. The minimum Gasteiger partial charge on any atom is -0.444 e. The molecule has 1 atom stereocenters. The van der Waals surface area contributed by atoms with Gasteiger partial charge in [0.05, 0.1) is 0 Å². The molecule has 0 spiro atoms. The maximum Gasteiger partial charge on any atom is 0.410 e. The van der Waals surface area contributed by atoms with E-state index in [1.165, 1.54) is 5.56 Å². The fraction of sp³-hybridized carbons (Fsp3) is 0.588. The first-order chi connectivity index (χ1) is 9.85. The number of anilines is 1. The summed E-state index contributed by atoms with van der Waals surface area (Å²) >= 11 is 0. The molecule has 0 bridgehead atoms. The van der Waals surface area contributed by atoms with Crippen LogP contribution in [0.4, 0.5) is 10.5 Å². The van der Waals surface area contributed by atoms with E-state index in [0.29, 0.717) is 6.54 Å². The van der Waals surface area contributed by atoms with E-state index in [1.807, 2.05) is 37.8 Å². The first kappa shape index (κ1) is 15.7. The van der Waals surface area contributed by atoms with Crippen molar-refractivity contribution >= 4 is 11.8 Å². The van der Waals surface area contributed by atoms with E-state index < -0.39 is 5.60 Å². The molecular weight excluding hydrogens is 264 g/mol. The molecule has 0 aromatic heterocycles. The van der Waals surface area contributed by atoms with E-state index in [2.05, 4.69) is 24.4 Å². The molecule has 116 valence electrons. The molecule has 0 aliphatic carbocycles. The summed E-state index contributed by atoms with van der Waals surface area (Å²) in [6.45, 7) is 9.27. The van der Waals surface area contributed by atoms with Crippen LogP contribution in [0.15, 0.2) is 24.3 Å². The second kappa shape index (κ2) is 6.37. The lowest BCUT2D eigenvalue weighted by molar-refractivity contribution is 0.0206. The van der Waals surface area contributed by atoms with E-state index in [1.54, 1.807) is 0 Å². The highest BCUT2D eigenvalue weighted by atomic mass is 16.6. The van der Waals surface area contributed by atoms with E-state index in [9.17, 15) is 4.79 Å². The molecule has 1 heterocycles. The van der Waals surface area contributed by atoms with Gasteiger partial charge in [-0.3, -0.25) is 0 Å². The van der Waals surface area contributed by atoms with Crippen LogP contribution in [-0.4, -0.2) is 35.7 Å². The van der Waals surface area contributed by atoms with Gasteiger partial charge < -0.3 is 15.0 Å². The summed E-state index contributed by atoms with van der Waals surface area (Å²) in [6, 6.07) is 8.53. The largest absolute Gasteiger partial charge is 0.444 e. The molecule has 4 nitrogen and oxygen atoms in total. The SMILES string of the molecule is Cc1ccccc1N[C@@H]1CCCN(C(=O)OC(C)(C)C)C1. The zero-order chi connectivity index (χ0) is 15.5. The Morgan fingerprint density at radius 3 is 2.71 bits per heavy atom. The summed E-state index contributed by atoms with van der Waals surface area (Å²) in [5, 5.41) is 3.55. The predicted molar refractivity (Wildman–Crippen MR) is 85.6 cm³/mol. The number of nitrogens with one attached hydrogen (secondary N) is 1. The van der Waals surface area contributed by atoms with Crippen LogP contribution in [0.1, 0.15) is 39.2 Å². The Morgan fingerprint density at radius 1 is 1.33 bits per heavy atom. The molecule has 1 fully saturated rings. The van der Waals surface area contributed by atoms with Gasteiger partial charge in [0.25, 0.3) is 0 Å². The summed E-state index contributed by atoms with van der Waals surface area (Å²) < 4.78 is 5.46. The predicted octanol–water partition coefficient (Wildman–Crippen LogP) is 3.81. The summed E-state index contributed by atoms with van der Waals surface area (Å²) in [6.07, 6.45) is 1.87. The molecule has 1 aromatic rings. The number of hydrogen-bond donors (Lipinski definition) is 1. The van der Waals surface area contributed by atoms with E-state index >= 15 is 0 Å². The van der Waals surface area contributed by atoms with Crippen molar-refractivity contribution in [3.8, 4) is 0 Å². The van der Waals surface area contributed by atoms with Crippen LogP contribution in [0, 0.1) is 6.92 Å². The van der Waals surface area contributed by atoms with Crippen LogP contribution < -0.4 is 5.32 Å². The highest BCUT2D eigenvalue weighted by molar-refractivity contribution is 5.68. The van der Waals surface area contributed by atoms with Gasteiger partial charge >= 0.3 is 6.09 Å². The second-order valence-corrected chi connectivity index (χ2v) is 6.72. The van der Waals surface area contributed by atoms with E-state index in [-0.39, 0.29) is 12.1 Å². The van der Waals surface area contributed by atoms with Crippen molar-refractivity contribution in [3.63, 3.8) is 0 Å². The number of aryl methyl sites for hydroxylation is 1. The number of likely N-dealkylation sites (tertiary alicyclic amines) is 1. The molecule has 1 N–H and O–H groups in total. The molecule has 0 saturated carbocycles. The third kappa shape index (κ3) is 4.66. The smallest absolute Gasteiger partial charge is 0.410 e. The normalized spacial score (nSPS) is 19.2. The minimum atomic E-state index is -0.437. The highest BCUT2D eigenvalue weighted by Gasteiger charge is 2.27. The first-order valence-electron chi connectivity index (χ1n) is 7.65. The van der Waals surface area contributed by atoms with Crippen LogP contribution in [0.25, 0.3) is 0 Å². The fourth-order valence-corrected chi connectivity index (χ4v) is 2.54. The molecule has 1 amide bonds. The molecule has 2 rings (SSSR count). The number of hydrogen-bond acceptors (Lipinski definition) is 3. The van der Waals surface area contributed by atoms with Crippen molar-refractivity contribution in [3.05, 3.63) is 29.8 Å². The minimum absolute atomic E-state index is 0.209. The van der Waals surface area contributed by atoms with Gasteiger partial charge in [-0.1, -0.05) is 18.2 Å². The van der Waals surface area contributed by atoms with E-state index in [0.717, 1.165) is 25.1 Å². The average molecular weight is 290 g/mol. The van der Waals surface area contributed by atoms with Crippen molar-refractivity contribution in [1.82, 2.24) is 4.90 Å². The Bertz CT molecular complexity index is 494. The monoisotopic (exact) mass is 290 g/mol. The maximum atomic E-state index is 12.2. The highest BCUT2D eigenvalue weighted by Crippen LogP contribution is 2.20. The first-order valence-corrected chi connectivity index (χ1v) is 7.65. The Hall–Kier alpha value is -1.71. The van der Waals surface area contributed by atoms with Crippen molar-refractivity contribution in [2.45, 2.75) is 52.2 Å². The van der Waals surface area contributed by atoms with Gasteiger partial charge in [-0.15, -0.1) is 0 Å². The van der Waals surface area contributed by atoms with Crippen molar-refractivity contribution in [2.75, 3.05) is 18.4 Å². The number of piperidine rings is 1. The lowest BCUT2D eigenvalue weighted by atomic mass is 10.0. The lowest BCUT2D eigenvalue weighted by Gasteiger charge is -2.35. The summed E-state index contributed by atoms with van der Waals surface area (Å²) in [5.74, 6) is 0. The number of para-hydroxylation sites is 1. The van der Waals surface area contributed by atoms with Gasteiger partial charge in [0.1, 0.15) is 5.60 Å². The molecule has 1 saturated heterocycles. The van der Waals surface area contributed by atoms with Crippen LogP contribution in [-0.2, 0) is 4.74 Å². The topological polar surface area (TPSA) is 41.6 Å². The van der Waals surface area contributed by atoms with Crippen molar-refractivity contribution in [1.29, 1.82) is 0 Å². The molecule has 1 aliphatic rings. The van der Waals surface area contributed by atoms with Crippen LogP contribution in [0.2, 0.25) is 0 Å². The Balaban J connectivity index is 1.95. The van der Waals surface area contributed by atoms with Crippen LogP contribution in [0.3, 0.4) is 0 Å². The summed E-state index contributed by atoms with van der Waals surface area (Å²) in [5.41, 5.74) is 1.94. The lowest BCUT2D eigenvalue weighted by Crippen LogP contribution is -2.47. The molecule has 1 aliphatic heterocycles. The number of carbonyl (C=O) groups excluding carboxylic acids is 1. The summed E-state index contributed by atoms with van der Waals surface area (Å²) in [7, 11) is 0. The number of carbonyl (C=O) groups is 1. The van der Waals surface area contributed by atoms with Crippen LogP contribution >= 0.6 is 0 Å². The van der Waals surface area contributed by atoms with Gasteiger partial charge in [-0.2, -0.15) is 0 Å². The fourth-order valence-electron chi connectivity index (χ4n) is 2.54. The van der Waals surface area contributed by atoms with Gasteiger partial charge in [-0.25, -0.2) is 4.79 Å². The summed E-state index contributed by atoms with van der Waals surface area (Å²) in [4.78, 5) is 14.0. The van der Waals surface area contributed by atoms with Crippen molar-refractivity contribution in [2.24, 2.45) is 0 Å². The molecular formula is C17H26N2O2. The number of ether oxygens (including phenoxy) is 1. The maximum absolute atomic E-state index is 12.2. The van der Waals surface area contributed by atoms with Gasteiger partial charge in [0.15, 0.2) is 0 Å². The number of rotatable bonds is 2. The standard InChI is InChI=1S/C17H26N2O2/c1-13-8-5-6-10-15(13)18-14-9-7-11-19(12-14)16(20)21-17(2,3)4/h5-6,8,10,14,18H,7,9,11-12H2,1-4H3/t14-/m1/s1. The quantitative estimate of drug-likeness (QED) is 0.900. The third-order valence-corrected chi connectivity index (χ3v) is 3.58. The van der Waals surface area contributed by atoms with Gasteiger partial charge in [0, 0.05) is 24.8 Å². The van der Waals surface area contributed by atoms with Crippen molar-refractivity contribution < 1.29 is 9.53 Å². The van der Waals surface area contributed by atoms with Crippen LogP contribution in [0.5, 0.6) is 0 Å². The number of amides is 1. The molecule has 4 heteroatoms. The second-order valence-electron chi connectivity index (χ2n) is 6.72. The average Bonchev–Trinajstić information content (AvgIpc) is 2.40. The van der Waals surface area contributed by atoms with Gasteiger partial charge in [-0.05, 0) is 52.2 Å².